The van der Waals surface area contributed by atoms with Crippen LogP contribution in [-0.2, 0) is 9.53 Å². The number of carbonyl (C=O) groups excluding carboxylic acids is 2. The van der Waals surface area contributed by atoms with E-state index in [1.165, 1.54) is 12.1 Å². The summed E-state index contributed by atoms with van der Waals surface area (Å²) in [5.41, 5.74) is -0.138. The maximum Gasteiger partial charge on any atom is 0.254 e. The van der Waals surface area contributed by atoms with Gasteiger partial charge in [0.25, 0.3) is 5.91 Å². The van der Waals surface area contributed by atoms with Crippen molar-refractivity contribution in [2.45, 2.75) is 13.0 Å². The quantitative estimate of drug-likeness (QED) is 0.919. The molecule has 0 bridgehead atoms. The number of ether oxygens (including phenoxy) is 1. The minimum Gasteiger partial charge on any atom is -0.378 e. The fourth-order valence-electron chi connectivity index (χ4n) is 2.07. The average Bonchev–Trinajstić information content (AvgIpc) is 2.47. The van der Waals surface area contributed by atoms with Crippen LogP contribution in [0, 0.1) is 5.82 Å². The Morgan fingerprint density at radius 2 is 2.05 bits per heavy atom. The van der Waals surface area contributed by atoms with Gasteiger partial charge < -0.3 is 15.0 Å². The Balaban J connectivity index is 1.99. The van der Waals surface area contributed by atoms with Crippen LogP contribution >= 0.6 is 11.6 Å². The van der Waals surface area contributed by atoms with Crippen molar-refractivity contribution in [3.05, 3.63) is 34.6 Å². The van der Waals surface area contributed by atoms with E-state index in [0.717, 1.165) is 6.07 Å². The molecule has 1 aliphatic rings. The van der Waals surface area contributed by atoms with Crippen molar-refractivity contribution < 1.29 is 18.7 Å². The molecular formula is C14H16ClFN2O3. The predicted octanol–water partition coefficient (Wildman–Crippen LogP) is 1.46. The second-order valence-corrected chi connectivity index (χ2v) is 5.19. The lowest BCUT2D eigenvalue weighted by Gasteiger charge is -2.29. The number of rotatable bonds is 3. The number of nitrogens with zero attached hydrogens (tertiary/aromatic N) is 1. The minimum absolute atomic E-state index is 0.138. The third kappa shape index (κ3) is 3.92. The number of hydrogen-bond donors (Lipinski definition) is 1. The molecule has 21 heavy (non-hydrogen) atoms. The molecule has 2 rings (SSSR count). The molecule has 7 heteroatoms. The minimum atomic E-state index is -0.731. The van der Waals surface area contributed by atoms with Crippen molar-refractivity contribution in [2.24, 2.45) is 0 Å². The standard InChI is InChI=1S/C14H16ClFN2O3/c1-9(14(20)18-4-6-21-7-5-18)17-13(19)11-3-2-10(15)8-12(11)16/h2-3,8-9H,4-7H2,1H3,(H,17,19). The maximum absolute atomic E-state index is 13.6. The van der Waals surface area contributed by atoms with Crippen molar-refractivity contribution in [3.63, 3.8) is 0 Å². The Labute approximate surface area is 127 Å². The van der Waals surface area contributed by atoms with E-state index in [1.54, 1.807) is 11.8 Å². The van der Waals surface area contributed by atoms with Crippen LogP contribution in [0.2, 0.25) is 5.02 Å². The van der Waals surface area contributed by atoms with Gasteiger partial charge in [0.15, 0.2) is 0 Å². The third-order valence-electron chi connectivity index (χ3n) is 3.22. The Hall–Kier alpha value is -1.66. The molecule has 0 saturated carbocycles. The molecule has 1 aromatic carbocycles. The van der Waals surface area contributed by atoms with Gasteiger partial charge in [-0.3, -0.25) is 9.59 Å². The van der Waals surface area contributed by atoms with Gasteiger partial charge in [-0.2, -0.15) is 0 Å². The van der Waals surface area contributed by atoms with E-state index in [-0.39, 0.29) is 16.5 Å². The molecule has 1 saturated heterocycles. The van der Waals surface area contributed by atoms with E-state index in [2.05, 4.69) is 5.32 Å². The lowest BCUT2D eigenvalue weighted by atomic mass is 10.1. The lowest BCUT2D eigenvalue weighted by molar-refractivity contribution is -0.136. The van der Waals surface area contributed by atoms with Crippen LogP contribution in [0.5, 0.6) is 0 Å². The number of nitrogens with one attached hydrogen (secondary N) is 1. The van der Waals surface area contributed by atoms with Gasteiger partial charge in [0, 0.05) is 18.1 Å². The molecule has 1 aliphatic heterocycles. The molecule has 1 heterocycles. The van der Waals surface area contributed by atoms with Crippen LogP contribution in [0.25, 0.3) is 0 Å². The Bertz CT molecular complexity index is 547. The largest absolute Gasteiger partial charge is 0.378 e. The highest BCUT2D eigenvalue weighted by atomic mass is 35.5. The summed E-state index contributed by atoms with van der Waals surface area (Å²) in [7, 11) is 0. The van der Waals surface area contributed by atoms with Gasteiger partial charge in [-0.1, -0.05) is 11.6 Å². The molecule has 5 nitrogen and oxygen atoms in total. The topological polar surface area (TPSA) is 58.6 Å². The summed E-state index contributed by atoms with van der Waals surface area (Å²) < 4.78 is 18.8. The van der Waals surface area contributed by atoms with E-state index < -0.39 is 17.8 Å². The zero-order valence-corrected chi connectivity index (χ0v) is 12.3. The number of carbonyl (C=O) groups is 2. The van der Waals surface area contributed by atoms with Crippen LogP contribution in [0.15, 0.2) is 18.2 Å². The number of benzene rings is 1. The third-order valence-corrected chi connectivity index (χ3v) is 3.45. The summed E-state index contributed by atoms with van der Waals surface area (Å²) in [4.78, 5) is 25.7. The molecule has 1 fully saturated rings. The van der Waals surface area contributed by atoms with Crippen LogP contribution in [0.3, 0.4) is 0 Å². The summed E-state index contributed by atoms with van der Waals surface area (Å²) in [5.74, 6) is -1.56. The number of hydrogen-bond acceptors (Lipinski definition) is 3. The van der Waals surface area contributed by atoms with Crippen molar-refractivity contribution >= 4 is 23.4 Å². The van der Waals surface area contributed by atoms with E-state index in [4.69, 9.17) is 16.3 Å². The molecular weight excluding hydrogens is 299 g/mol. The molecule has 0 spiro atoms. The van der Waals surface area contributed by atoms with E-state index in [9.17, 15) is 14.0 Å². The average molecular weight is 315 g/mol. The van der Waals surface area contributed by atoms with Crippen LogP contribution in [0.4, 0.5) is 4.39 Å². The second kappa shape index (κ2) is 6.87. The van der Waals surface area contributed by atoms with Crippen LogP contribution < -0.4 is 5.32 Å². The lowest BCUT2D eigenvalue weighted by Crippen LogP contribution is -2.50. The highest BCUT2D eigenvalue weighted by molar-refractivity contribution is 6.30. The smallest absolute Gasteiger partial charge is 0.254 e. The Morgan fingerprint density at radius 3 is 2.67 bits per heavy atom. The summed E-state index contributed by atoms with van der Waals surface area (Å²) in [6.45, 7) is 3.53. The Kier molecular flexibility index (Phi) is 5.14. The van der Waals surface area contributed by atoms with Gasteiger partial charge in [0.2, 0.25) is 5.91 Å². The van der Waals surface area contributed by atoms with Gasteiger partial charge in [0.1, 0.15) is 11.9 Å². The van der Waals surface area contributed by atoms with Gasteiger partial charge in [0.05, 0.1) is 18.8 Å². The monoisotopic (exact) mass is 314 g/mol. The zero-order chi connectivity index (χ0) is 15.4. The van der Waals surface area contributed by atoms with Gasteiger partial charge in [-0.15, -0.1) is 0 Å². The molecule has 1 aromatic rings. The molecule has 0 aromatic heterocycles. The number of halogens is 2. The first-order chi connectivity index (χ1) is 9.99. The van der Waals surface area contributed by atoms with Crippen molar-refractivity contribution in [3.8, 4) is 0 Å². The van der Waals surface area contributed by atoms with E-state index in [1.807, 2.05) is 0 Å². The van der Waals surface area contributed by atoms with E-state index in [0.29, 0.717) is 26.3 Å². The molecule has 1 atom stereocenters. The molecule has 0 aliphatic carbocycles. The normalized spacial score (nSPS) is 16.4. The maximum atomic E-state index is 13.6. The fraction of sp³-hybridized carbons (Fsp3) is 0.429. The van der Waals surface area contributed by atoms with E-state index >= 15 is 0 Å². The zero-order valence-electron chi connectivity index (χ0n) is 11.6. The summed E-state index contributed by atoms with van der Waals surface area (Å²) >= 11 is 5.64. The first-order valence-corrected chi connectivity index (χ1v) is 6.99. The molecule has 0 radical (unpaired) electrons. The van der Waals surface area contributed by atoms with Crippen LogP contribution in [0.1, 0.15) is 17.3 Å². The summed E-state index contributed by atoms with van der Waals surface area (Å²) in [6, 6.07) is 3.04. The predicted molar refractivity (Wildman–Crippen MR) is 75.7 cm³/mol. The first-order valence-electron chi connectivity index (χ1n) is 6.61. The van der Waals surface area contributed by atoms with Crippen molar-refractivity contribution in [1.82, 2.24) is 10.2 Å². The SMILES string of the molecule is CC(NC(=O)c1ccc(Cl)cc1F)C(=O)N1CCOCC1. The molecule has 1 unspecified atom stereocenters. The van der Waals surface area contributed by atoms with Crippen LogP contribution in [-0.4, -0.2) is 49.1 Å². The summed E-state index contributed by atoms with van der Waals surface area (Å²) in [5, 5.41) is 2.71. The summed E-state index contributed by atoms with van der Waals surface area (Å²) in [6.07, 6.45) is 0. The van der Waals surface area contributed by atoms with Gasteiger partial charge in [-0.25, -0.2) is 4.39 Å². The number of morpholine rings is 1. The molecule has 1 N–H and O–H groups in total. The van der Waals surface area contributed by atoms with Crippen molar-refractivity contribution in [1.29, 1.82) is 0 Å². The number of amides is 2. The second-order valence-electron chi connectivity index (χ2n) is 4.76. The van der Waals surface area contributed by atoms with Crippen molar-refractivity contribution in [2.75, 3.05) is 26.3 Å². The molecule has 2 amide bonds. The Morgan fingerprint density at radius 1 is 1.38 bits per heavy atom. The van der Waals surface area contributed by atoms with Gasteiger partial charge in [-0.05, 0) is 25.1 Å². The first kappa shape index (κ1) is 15.7. The highest BCUT2D eigenvalue weighted by Crippen LogP contribution is 2.14. The van der Waals surface area contributed by atoms with Gasteiger partial charge >= 0.3 is 0 Å². The fourth-order valence-corrected chi connectivity index (χ4v) is 2.23. The molecule has 114 valence electrons. The highest BCUT2D eigenvalue weighted by Gasteiger charge is 2.24.